The predicted octanol–water partition coefficient (Wildman–Crippen LogP) is 1.70. The lowest BCUT2D eigenvalue weighted by Gasteiger charge is -2.28. The Kier molecular flexibility index (Phi) is 5.62. The van der Waals surface area contributed by atoms with E-state index >= 15 is 0 Å². The van der Waals surface area contributed by atoms with Gasteiger partial charge in [0.1, 0.15) is 11.5 Å². The highest BCUT2D eigenvalue weighted by Gasteiger charge is 2.18. The van der Waals surface area contributed by atoms with Crippen LogP contribution in [0.4, 0.5) is 21.8 Å². The first kappa shape index (κ1) is 18.1. The van der Waals surface area contributed by atoms with Crippen LogP contribution < -0.4 is 15.1 Å². The van der Waals surface area contributed by atoms with E-state index in [-0.39, 0.29) is 12.3 Å². The number of amides is 1. The number of aromatic nitrogens is 2. The van der Waals surface area contributed by atoms with E-state index in [0.717, 1.165) is 13.1 Å². The maximum atomic E-state index is 13.7. The highest BCUT2D eigenvalue weighted by Crippen LogP contribution is 2.24. The van der Waals surface area contributed by atoms with Gasteiger partial charge in [0.15, 0.2) is 5.82 Å². The summed E-state index contributed by atoms with van der Waals surface area (Å²) in [6.45, 7) is 2.74. The zero-order valence-electron chi connectivity index (χ0n) is 14.9. The summed E-state index contributed by atoms with van der Waals surface area (Å²) in [6.07, 6.45) is 1.54. The molecule has 1 aromatic heterocycles. The molecule has 1 fully saturated rings. The van der Waals surface area contributed by atoms with Crippen LogP contribution in [0.15, 0.2) is 30.5 Å². The molecule has 7 nitrogen and oxygen atoms in total. The van der Waals surface area contributed by atoms with Crippen LogP contribution in [0.5, 0.6) is 0 Å². The van der Waals surface area contributed by atoms with E-state index in [1.807, 2.05) is 23.9 Å². The van der Waals surface area contributed by atoms with Gasteiger partial charge >= 0.3 is 0 Å². The molecule has 0 saturated carbocycles. The predicted molar refractivity (Wildman–Crippen MR) is 98.1 cm³/mol. The number of morpholine rings is 1. The Morgan fingerprint density at radius 3 is 2.73 bits per heavy atom. The number of benzene rings is 1. The molecule has 1 aliphatic rings. The van der Waals surface area contributed by atoms with E-state index < -0.39 is 5.82 Å². The Labute approximate surface area is 151 Å². The lowest BCUT2D eigenvalue weighted by Crippen LogP contribution is -2.37. The van der Waals surface area contributed by atoms with Crippen molar-refractivity contribution in [2.24, 2.45) is 0 Å². The second-order valence-corrected chi connectivity index (χ2v) is 6.22. The van der Waals surface area contributed by atoms with Crippen molar-refractivity contribution in [1.82, 2.24) is 9.97 Å². The van der Waals surface area contributed by atoms with Gasteiger partial charge in [-0.05, 0) is 11.6 Å². The van der Waals surface area contributed by atoms with Crippen LogP contribution in [0.1, 0.15) is 5.56 Å². The number of ether oxygens (including phenoxy) is 1. The van der Waals surface area contributed by atoms with E-state index in [0.29, 0.717) is 36.2 Å². The molecule has 0 spiro atoms. The Morgan fingerprint density at radius 2 is 2.04 bits per heavy atom. The monoisotopic (exact) mass is 359 g/mol. The summed E-state index contributed by atoms with van der Waals surface area (Å²) in [6, 6.07) is 6.24. The first-order chi connectivity index (χ1) is 12.5. The van der Waals surface area contributed by atoms with Gasteiger partial charge in [-0.25, -0.2) is 9.37 Å². The molecule has 2 aromatic rings. The molecule has 1 aromatic carbocycles. The van der Waals surface area contributed by atoms with Crippen molar-refractivity contribution in [2.75, 3.05) is 55.5 Å². The van der Waals surface area contributed by atoms with Crippen molar-refractivity contribution >= 4 is 23.4 Å². The first-order valence-corrected chi connectivity index (χ1v) is 8.45. The number of hydrogen-bond acceptors (Lipinski definition) is 6. The number of anilines is 3. The molecule has 0 atom stereocenters. The third-order valence-corrected chi connectivity index (χ3v) is 4.06. The van der Waals surface area contributed by atoms with Crippen molar-refractivity contribution in [1.29, 1.82) is 0 Å². The highest BCUT2D eigenvalue weighted by molar-refractivity contribution is 5.94. The number of rotatable bonds is 5. The summed E-state index contributed by atoms with van der Waals surface area (Å²) in [7, 11) is 3.69. The molecule has 1 saturated heterocycles. The molecule has 2 heterocycles. The van der Waals surface area contributed by atoms with Crippen LogP contribution >= 0.6 is 0 Å². The maximum Gasteiger partial charge on any atom is 0.229 e. The Morgan fingerprint density at radius 1 is 1.31 bits per heavy atom. The number of nitrogens with one attached hydrogen (secondary N) is 1. The lowest BCUT2D eigenvalue weighted by molar-refractivity contribution is -0.115. The second kappa shape index (κ2) is 8.09. The molecule has 0 unspecified atom stereocenters. The van der Waals surface area contributed by atoms with Crippen LogP contribution in [0.25, 0.3) is 0 Å². The Hall–Kier alpha value is -2.74. The second-order valence-electron chi connectivity index (χ2n) is 6.22. The van der Waals surface area contributed by atoms with E-state index in [1.54, 1.807) is 24.4 Å². The van der Waals surface area contributed by atoms with E-state index in [4.69, 9.17) is 4.74 Å². The molecule has 26 heavy (non-hydrogen) atoms. The average Bonchev–Trinajstić information content (AvgIpc) is 2.64. The number of carbonyl (C=O) groups is 1. The third kappa shape index (κ3) is 4.26. The number of nitrogens with zero attached hydrogens (tertiary/aromatic N) is 4. The minimum Gasteiger partial charge on any atom is -0.378 e. The Balaban J connectivity index is 1.76. The van der Waals surface area contributed by atoms with Crippen LogP contribution in [0.2, 0.25) is 0 Å². The van der Waals surface area contributed by atoms with E-state index in [9.17, 15) is 9.18 Å². The number of halogens is 1. The summed E-state index contributed by atoms with van der Waals surface area (Å²) in [5, 5.41) is 2.78. The van der Waals surface area contributed by atoms with Crippen LogP contribution in [0.3, 0.4) is 0 Å². The minimum absolute atomic E-state index is 0.0508. The summed E-state index contributed by atoms with van der Waals surface area (Å²) in [5.74, 6) is 0.489. The van der Waals surface area contributed by atoms with Crippen molar-refractivity contribution in [3.05, 3.63) is 41.8 Å². The zero-order chi connectivity index (χ0) is 18.5. The zero-order valence-corrected chi connectivity index (χ0v) is 14.9. The maximum absolute atomic E-state index is 13.7. The highest BCUT2D eigenvalue weighted by atomic mass is 19.1. The van der Waals surface area contributed by atoms with Gasteiger partial charge in [0.2, 0.25) is 11.9 Å². The van der Waals surface area contributed by atoms with Crippen molar-refractivity contribution in [3.8, 4) is 0 Å². The van der Waals surface area contributed by atoms with Crippen LogP contribution in [0, 0.1) is 5.82 Å². The fraction of sp³-hybridized carbons (Fsp3) is 0.389. The van der Waals surface area contributed by atoms with Gasteiger partial charge in [-0.2, -0.15) is 4.98 Å². The van der Waals surface area contributed by atoms with Gasteiger partial charge in [-0.1, -0.05) is 18.2 Å². The largest absolute Gasteiger partial charge is 0.378 e. The van der Waals surface area contributed by atoms with Crippen LogP contribution in [-0.4, -0.2) is 56.3 Å². The molecule has 0 aliphatic carbocycles. The van der Waals surface area contributed by atoms with Crippen molar-refractivity contribution in [2.45, 2.75) is 6.42 Å². The van der Waals surface area contributed by atoms with Gasteiger partial charge in [0.05, 0.1) is 25.8 Å². The number of hydrogen-bond donors (Lipinski definition) is 1. The first-order valence-electron chi connectivity index (χ1n) is 8.45. The average molecular weight is 359 g/mol. The molecule has 3 rings (SSSR count). The Bertz CT molecular complexity index is 778. The smallest absolute Gasteiger partial charge is 0.229 e. The quantitative estimate of drug-likeness (QED) is 0.876. The fourth-order valence-electron chi connectivity index (χ4n) is 2.72. The molecule has 1 N–H and O–H groups in total. The van der Waals surface area contributed by atoms with Gasteiger partial charge in [-0.15, -0.1) is 0 Å². The normalized spacial score (nSPS) is 14.2. The van der Waals surface area contributed by atoms with E-state index in [1.165, 1.54) is 6.07 Å². The van der Waals surface area contributed by atoms with Crippen LogP contribution in [-0.2, 0) is 16.0 Å². The third-order valence-electron chi connectivity index (χ3n) is 4.06. The van der Waals surface area contributed by atoms with Gasteiger partial charge in [0.25, 0.3) is 0 Å². The molecule has 8 heteroatoms. The summed E-state index contributed by atoms with van der Waals surface area (Å²) < 4.78 is 19.1. The molecular weight excluding hydrogens is 337 g/mol. The van der Waals surface area contributed by atoms with Gasteiger partial charge in [-0.3, -0.25) is 4.79 Å². The molecule has 1 aliphatic heterocycles. The topological polar surface area (TPSA) is 70.6 Å². The lowest BCUT2D eigenvalue weighted by atomic mass is 10.1. The molecule has 1 amide bonds. The number of carbonyl (C=O) groups excluding carboxylic acids is 1. The summed E-state index contributed by atoms with van der Waals surface area (Å²) >= 11 is 0. The summed E-state index contributed by atoms with van der Waals surface area (Å²) in [5.41, 5.74) is 0.843. The molecule has 138 valence electrons. The molecule has 0 radical (unpaired) electrons. The van der Waals surface area contributed by atoms with E-state index in [2.05, 4.69) is 15.3 Å². The van der Waals surface area contributed by atoms with Crippen molar-refractivity contribution < 1.29 is 13.9 Å². The SMILES string of the molecule is CN(C)c1nc(N2CCOCC2)ncc1NC(=O)Cc1ccccc1F. The van der Waals surface area contributed by atoms with Gasteiger partial charge < -0.3 is 19.9 Å². The molecule has 0 bridgehead atoms. The minimum atomic E-state index is -0.394. The fourth-order valence-corrected chi connectivity index (χ4v) is 2.72. The summed E-state index contributed by atoms with van der Waals surface area (Å²) in [4.78, 5) is 25.1. The van der Waals surface area contributed by atoms with Gasteiger partial charge in [0, 0.05) is 27.2 Å². The standard InChI is InChI=1S/C18H22FN5O2/c1-23(2)17-15(12-20-18(22-17)24-7-9-26-10-8-24)21-16(25)11-13-5-3-4-6-14(13)19/h3-6,12H,7-11H2,1-2H3,(H,21,25). The van der Waals surface area contributed by atoms with Crippen molar-refractivity contribution in [3.63, 3.8) is 0 Å². The molecular formula is C18H22FN5O2.